The Labute approximate surface area is 126 Å². The summed E-state index contributed by atoms with van der Waals surface area (Å²) < 4.78 is 26.1. The van der Waals surface area contributed by atoms with Crippen LogP contribution < -0.4 is 0 Å². The zero-order valence-electron chi connectivity index (χ0n) is 11.6. The van der Waals surface area contributed by atoms with Gasteiger partial charge in [0.05, 0.1) is 0 Å². The molecule has 0 bridgehead atoms. The van der Waals surface area contributed by atoms with Crippen LogP contribution in [0.3, 0.4) is 0 Å². The van der Waals surface area contributed by atoms with Crippen molar-refractivity contribution in [2.24, 2.45) is 0 Å². The van der Waals surface area contributed by atoms with E-state index in [0.717, 1.165) is 28.5 Å². The van der Waals surface area contributed by atoms with E-state index in [2.05, 4.69) is 0 Å². The van der Waals surface area contributed by atoms with E-state index in [1.54, 1.807) is 36.4 Å². The van der Waals surface area contributed by atoms with Crippen molar-refractivity contribution in [3.63, 3.8) is 0 Å². The second kappa shape index (κ2) is 5.90. The summed E-state index contributed by atoms with van der Waals surface area (Å²) in [6.07, 6.45) is 0.764. The van der Waals surface area contributed by atoms with Crippen molar-refractivity contribution in [2.75, 3.05) is 0 Å². The maximum Gasteiger partial charge on any atom is 0.150 e. The second-order valence-corrected chi connectivity index (χ2v) is 4.98. The molecule has 0 aromatic heterocycles. The number of aldehydes is 1. The highest BCUT2D eigenvalue weighted by atomic mass is 19.1. The lowest BCUT2D eigenvalue weighted by atomic mass is 9.96. The highest BCUT2D eigenvalue weighted by molar-refractivity contribution is 5.84. The number of benzene rings is 3. The van der Waals surface area contributed by atoms with Crippen LogP contribution in [0.15, 0.2) is 66.7 Å². The summed E-state index contributed by atoms with van der Waals surface area (Å²) in [6, 6.07) is 17.5. The highest BCUT2D eigenvalue weighted by Gasteiger charge is 2.06. The van der Waals surface area contributed by atoms with Gasteiger partial charge in [-0.05, 0) is 64.7 Å². The van der Waals surface area contributed by atoms with Crippen LogP contribution in [0.25, 0.3) is 22.3 Å². The summed E-state index contributed by atoms with van der Waals surface area (Å²) in [7, 11) is 0. The lowest BCUT2D eigenvalue weighted by Crippen LogP contribution is -1.88. The first-order valence-corrected chi connectivity index (χ1v) is 6.78. The largest absolute Gasteiger partial charge is 0.298 e. The van der Waals surface area contributed by atoms with Crippen molar-refractivity contribution in [3.8, 4) is 22.3 Å². The molecule has 3 rings (SSSR count). The van der Waals surface area contributed by atoms with Crippen LogP contribution in [-0.2, 0) is 0 Å². The third-order valence-corrected chi connectivity index (χ3v) is 3.45. The van der Waals surface area contributed by atoms with Gasteiger partial charge in [-0.2, -0.15) is 0 Å². The van der Waals surface area contributed by atoms with Crippen molar-refractivity contribution in [3.05, 3.63) is 83.9 Å². The van der Waals surface area contributed by atoms with Gasteiger partial charge in [0.1, 0.15) is 17.9 Å². The summed E-state index contributed by atoms with van der Waals surface area (Å²) >= 11 is 0. The van der Waals surface area contributed by atoms with Gasteiger partial charge in [-0.15, -0.1) is 0 Å². The molecule has 1 nitrogen and oxygen atoms in total. The molecule has 0 N–H and O–H groups in total. The molecule has 0 aliphatic carbocycles. The first-order valence-electron chi connectivity index (χ1n) is 6.78. The fourth-order valence-electron chi connectivity index (χ4n) is 2.34. The van der Waals surface area contributed by atoms with Crippen LogP contribution in [0.2, 0.25) is 0 Å². The predicted octanol–water partition coefficient (Wildman–Crippen LogP) is 5.11. The SMILES string of the molecule is O=Cc1cc(-c2ccc(F)cc2)cc(-c2ccc(F)cc2)c1. The quantitative estimate of drug-likeness (QED) is 0.613. The molecule has 0 aliphatic heterocycles. The minimum Gasteiger partial charge on any atom is -0.298 e. The average molecular weight is 294 g/mol. The van der Waals surface area contributed by atoms with Gasteiger partial charge in [-0.25, -0.2) is 8.78 Å². The summed E-state index contributed by atoms with van der Waals surface area (Å²) in [6.45, 7) is 0. The van der Waals surface area contributed by atoms with Gasteiger partial charge in [-0.1, -0.05) is 24.3 Å². The number of halogens is 2. The maximum absolute atomic E-state index is 13.0. The van der Waals surface area contributed by atoms with Crippen molar-refractivity contribution in [2.45, 2.75) is 0 Å². The molecule has 3 aromatic carbocycles. The summed E-state index contributed by atoms with van der Waals surface area (Å²) in [5.74, 6) is -0.622. The maximum atomic E-state index is 13.0. The van der Waals surface area contributed by atoms with Crippen molar-refractivity contribution >= 4 is 6.29 Å². The van der Waals surface area contributed by atoms with Crippen LogP contribution in [-0.4, -0.2) is 6.29 Å². The lowest BCUT2D eigenvalue weighted by Gasteiger charge is -2.08. The van der Waals surface area contributed by atoms with E-state index in [4.69, 9.17) is 0 Å². The molecule has 108 valence electrons. The molecular formula is C19H12F2O. The molecule has 0 amide bonds. The predicted molar refractivity (Wildman–Crippen MR) is 82.6 cm³/mol. The van der Waals surface area contributed by atoms with Gasteiger partial charge in [0.2, 0.25) is 0 Å². The normalized spacial score (nSPS) is 10.5. The second-order valence-electron chi connectivity index (χ2n) is 4.98. The molecule has 0 radical (unpaired) electrons. The summed E-state index contributed by atoms with van der Waals surface area (Å²) in [5.41, 5.74) is 3.76. The van der Waals surface area contributed by atoms with Gasteiger partial charge in [-0.3, -0.25) is 4.79 Å². The minimum absolute atomic E-state index is 0.311. The zero-order chi connectivity index (χ0) is 15.5. The first-order chi connectivity index (χ1) is 10.7. The van der Waals surface area contributed by atoms with Gasteiger partial charge in [0.25, 0.3) is 0 Å². The average Bonchev–Trinajstić information content (AvgIpc) is 2.55. The number of hydrogen-bond donors (Lipinski definition) is 0. The Morgan fingerprint density at radius 3 is 1.36 bits per heavy atom. The van der Waals surface area contributed by atoms with Gasteiger partial charge >= 0.3 is 0 Å². The third kappa shape index (κ3) is 2.93. The fourth-order valence-corrected chi connectivity index (χ4v) is 2.34. The number of carbonyl (C=O) groups is 1. The Morgan fingerprint density at radius 1 is 0.591 bits per heavy atom. The third-order valence-electron chi connectivity index (χ3n) is 3.45. The molecule has 0 spiro atoms. The zero-order valence-corrected chi connectivity index (χ0v) is 11.6. The molecule has 22 heavy (non-hydrogen) atoms. The molecule has 0 aliphatic rings. The van der Waals surface area contributed by atoms with E-state index in [1.807, 2.05) is 6.07 Å². The van der Waals surface area contributed by atoms with Crippen LogP contribution in [0, 0.1) is 11.6 Å². The Hall–Kier alpha value is -2.81. The molecule has 0 saturated heterocycles. The van der Waals surface area contributed by atoms with E-state index in [9.17, 15) is 13.6 Å². The minimum atomic E-state index is -0.311. The van der Waals surface area contributed by atoms with E-state index < -0.39 is 0 Å². The van der Waals surface area contributed by atoms with Crippen LogP contribution >= 0.6 is 0 Å². The molecule has 0 fully saturated rings. The van der Waals surface area contributed by atoms with Gasteiger partial charge in [0.15, 0.2) is 0 Å². The summed E-state index contributed by atoms with van der Waals surface area (Å²) in [4.78, 5) is 11.2. The van der Waals surface area contributed by atoms with Crippen molar-refractivity contribution in [1.29, 1.82) is 0 Å². The van der Waals surface area contributed by atoms with E-state index in [-0.39, 0.29) is 11.6 Å². The fraction of sp³-hybridized carbons (Fsp3) is 0. The smallest absolute Gasteiger partial charge is 0.150 e. The summed E-state index contributed by atoms with van der Waals surface area (Å²) in [5, 5.41) is 0. The molecule has 0 saturated carbocycles. The Bertz CT molecular complexity index is 742. The van der Waals surface area contributed by atoms with Crippen LogP contribution in [0.1, 0.15) is 10.4 Å². The molecule has 0 atom stereocenters. The molecule has 0 heterocycles. The van der Waals surface area contributed by atoms with Crippen molar-refractivity contribution < 1.29 is 13.6 Å². The highest BCUT2D eigenvalue weighted by Crippen LogP contribution is 2.28. The lowest BCUT2D eigenvalue weighted by molar-refractivity contribution is 0.112. The van der Waals surface area contributed by atoms with Crippen LogP contribution in [0.4, 0.5) is 8.78 Å². The van der Waals surface area contributed by atoms with E-state index >= 15 is 0 Å². The van der Waals surface area contributed by atoms with Crippen LogP contribution in [0.5, 0.6) is 0 Å². The Morgan fingerprint density at radius 2 is 1.00 bits per heavy atom. The molecule has 3 heteroatoms. The molecule has 3 aromatic rings. The van der Waals surface area contributed by atoms with Crippen molar-refractivity contribution in [1.82, 2.24) is 0 Å². The number of carbonyl (C=O) groups excluding carboxylic acids is 1. The standard InChI is InChI=1S/C19H12F2O/c20-18-5-1-14(2-6-18)16-9-13(12-22)10-17(11-16)15-3-7-19(21)8-4-15/h1-12H. The van der Waals surface area contributed by atoms with E-state index in [0.29, 0.717) is 5.56 Å². The number of hydrogen-bond acceptors (Lipinski definition) is 1. The van der Waals surface area contributed by atoms with Gasteiger partial charge in [0, 0.05) is 5.56 Å². The number of rotatable bonds is 3. The topological polar surface area (TPSA) is 17.1 Å². The van der Waals surface area contributed by atoms with Gasteiger partial charge < -0.3 is 0 Å². The Balaban J connectivity index is 2.12. The monoisotopic (exact) mass is 294 g/mol. The Kier molecular flexibility index (Phi) is 3.79. The molecular weight excluding hydrogens is 282 g/mol. The molecule has 0 unspecified atom stereocenters. The first kappa shape index (κ1) is 14.1. The van der Waals surface area contributed by atoms with E-state index in [1.165, 1.54) is 24.3 Å².